The summed E-state index contributed by atoms with van der Waals surface area (Å²) in [5.41, 5.74) is 1.60. The molecule has 0 aliphatic rings. The van der Waals surface area contributed by atoms with Gasteiger partial charge in [0, 0.05) is 17.3 Å². The molecule has 2 aromatic rings. The van der Waals surface area contributed by atoms with Crippen LogP contribution in [0.2, 0.25) is 0 Å². The quantitative estimate of drug-likeness (QED) is 0.804. The Labute approximate surface area is 151 Å². The molecule has 2 rings (SSSR count). The van der Waals surface area contributed by atoms with Gasteiger partial charge in [0.05, 0.1) is 20.3 Å². The van der Waals surface area contributed by atoms with Gasteiger partial charge < -0.3 is 20.1 Å². The molecule has 6 nitrogen and oxygen atoms in total. The Balaban J connectivity index is 2.07. The van der Waals surface area contributed by atoms with Gasteiger partial charge in [0.2, 0.25) is 0 Å². The van der Waals surface area contributed by atoms with E-state index in [2.05, 4.69) is 10.6 Å². The average Bonchev–Trinajstić information content (AvgIpc) is 2.63. The third kappa shape index (κ3) is 4.50. The highest BCUT2D eigenvalue weighted by Gasteiger charge is 2.20. The molecule has 138 valence electrons. The van der Waals surface area contributed by atoms with E-state index in [1.807, 2.05) is 0 Å². The van der Waals surface area contributed by atoms with Gasteiger partial charge in [0.25, 0.3) is 0 Å². The zero-order chi connectivity index (χ0) is 19.3. The van der Waals surface area contributed by atoms with Gasteiger partial charge in [-0.2, -0.15) is 0 Å². The first-order valence-electron chi connectivity index (χ1n) is 7.95. The predicted molar refractivity (Wildman–Crippen MR) is 95.9 cm³/mol. The number of rotatable bonds is 5. The van der Waals surface area contributed by atoms with E-state index in [1.54, 1.807) is 39.2 Å². The minimum Gasteiger partial charge on any atom is -0.497 e. The normalized spacial score (nSPS) is 11.4. The van der Waals surface area contributed by atoms with Crippen molar-refractivity contribution in [1.82, 2.24) is 5.32 Å². The first kappa shape index (κ1) is 19.2. The molecule has 0 spiro atoms. The lowest BCUT2D eigenvalue weighted by Crippen LogP contribution is -2.37. The van der Waals surface area contributed by atoms with Crippen LogP contribution in [0.25, 0.3) is 0 Å². The Morgan fingerprint density at radius 3 is 2.38 bits per heavy atom. The fourth-order valence-electron chi connectivity index (χ4n) is 2.46. The Morgan fingerprint density at radius 2 is 1.77 bits per heavy atom. The Hall–Kier alpha value is -3.09. The summed E-state index contributed by atoms with van der Waals surface area (Å²) in [6.45, 7) is 3.38. The summed E-state index contributed by atoms with van der Waals surface area (Å²) >= 11 is 0. The number of hydrogen-bond acceptors (Lipinski definition) is 4. The smallest absolute Gasteiger partial charge is 0.313 e. The van der Waals surface area contributed by atoms with Crippen molar-refractivity contribution < 1.29 is 23.5 Å². The summed E-state index contributed by atoms with van der Waals surface area (Å²) in [6, 6.07) is 8.62. The summed E-state index contributed by atoms with van der Waals surface area (Å²) in [5, 5.41) is 5.09. The fraction of sp³-hybridized carbons (Fsp3) is 0.263. The van der Waals surface area contributed by atoms with Crippen LogP contribution in [0.4, 0.5) is 10.1 Å². The molecule has 0 aliphatic carbocycles. The molecule has 7 heteroatoms. The monoisotopic (exact) mass is 360 g/mol. The molecule has 2 amide bonds. The van der Waals surface area contributed by atoms with Crippen molar-refractivity contribution >= 4 is 17.5 Å². The van der Waals surface area contributed by atoms with E-state index >= 15 is 0 Å². The van der Waals surface area contributed by atoms with Crippen LogP contribution >= 0.6 is 0 Å². The van der Waals surface area contributed by atoms with Gasteiger partial charge in [-0.25, -0.2) is 4.39 Å². The molecule has 26 heavy (non-hydrogen) atoms. The van der Waals surface area contributed by atoms with Crippen molar-refractivity contribution in [3.05, 3.63) is 53.3 Å². The second-order valence-corrected chi connectivity index (χ2v) is 5.72. The summed E-state index contributed by atoms with van der Waals surface area (Å²) in [6.07, 6.45) is 0. The highest BCUT2D eigenvalue weighted by atomic mass is 19.1. The summed E-state index contributed by atoms with van der Waals surface area (Å²) in [4.78, 5) is 24.3. The lowest BCUT2D eigenvalue weighted by atomic mass is 10.1. The third-order valence-corrected chi connectivity index (χ3v) is 3.90. The maximum Gasteiger partial charge on any atom is 0.313 e. The van der Waals surface area contributed by atoms with Crippen LogP contribution in [0.1, 0.15) is 24.1 Å². The molecule has 2 aromatic carbocycles. The van der Waals surface area contributed by atoms with E-state index in [9.17, 15) is 14.0 Å². The van der Waals surface area contributed by atoms with Crippen molar-refractivity contribution in [2.45, 2.75) is 19.9 Å². The van der Waals surface area contributed by atoms with Gasteiger partial charge in [0.1, 0.15) is 17.3 Å². The third-order valence-electron chi connectivity index (χ3n) is 3.90. The van der Waals surface area contributed by atoms with E-state index in [0.717, 1.165) is 0 Å². The number of aryl methyl sites for hydroxylation is 1. The zero-order valence-corrected chi connectivity index (χ0v) is 15.1. The maximum atomic E-state index is 13.1. The molecule has 0 bridgehead atoms. The molecule has 0 saturated heterocycles. The van der Waals surface area contributed by atoms with Gasteiger partial charge in [-0.15, -0.1) is 0 Å². The minimum absolute atomic E-state index is 0.376. The van der Waals surface area contributed by atoms with Crippen LogP contribution in [0, 0.1) is 12.7 Å². The topological polar surface area (TPSA) is 76.7 Å². The second kappa shape index (κ2) is 8.33. The summed E-state index contributed by atoms with van der Waals surface area (Å²) < 4.78 is 23.6. The summed E-state index contributed by atoms with van der Waals surface area (Å²) in [7, 11) is 3.05. The van der Waals surface area contributed by atoms with Crippen LogP contribution < -0.4 is 20.1 Å². The largest absolute Gasteiger partial charge is 0.497 e. The van der Waals surface area contributed by atoms with Crippen molar-refractivity contribution in [1.29, 1.82) is 0 Å². The van der Waals surface area contributed by atoms with Crippen molar-refractivity contribution in [2.24, 2.45) is 0 Å². The number of methoxy groups -OCH3 is 2. The van der Waals surface area contributed by atoms with Crippen molar-refractivity contribution in [3.63, 3.8) is 0 Å². The Bertz CT molecular complexity index is 823. The predicted octanol–water partition coefficient (Wildman–Crippen LogP) is 2.97. The maximum absolute atomic E-state index is 13.1. The van der Waals surface area contributed by atoms with Crippen LogP contribution in [0.5, 0.6) is 11.5 Å². The SMILES string of the molecule is COc1ccc([C@H](C)NC(=O)C(=O)Nc2ccc(F)cc2C)c(OC)c1. The van der Waals surface area contributed by atoms with Crippen LogP contribution in [-0.2, 0) is 9.59 Å². The van der Waals surface area contributed by atoms with E-state index in [1.165, 1.54) is 25.3 Å². The van der Waals surface area contributed by atoms with E-state index in [0.29, 0.717) is 28.3 Å². The van der Waals surface area contributed by atoms with Crippen molar-refractivity contribution in [3.8, 4) is 11.5 Å². The Morgan fingerprint density at radius 1 is 1.04 bits per heavy atom. The first-order valence-corrected chi connectivity index (χ1v) is 7.95. The molecule has 0 aromatic heterocycles. The molecule has 0 heterocycles. The number of anilines is 1. The number of hydrogen-bond donors (Lipinski definition) is 2. The molecule has 0 saturated carbocycles. The van der Waals surface area contributed by atoms with Crippen molar-refractivity contribution in [2.75, 3.05) is 19.5 Å². The highest BCUT2D eigenvalue weighted by Crippen LogP contribution is 2.29. The molecule has 1 atom stereocenters. The highest BCUT2D eigenvalue weighted by molar-refractivity contribution is 6.39. The van der Waals surface area contributed by atoms with Gasteiger partial charge >= 0.3 is 11.8 Å². The van der Waals surface area contributed by atoms with Gasteiger partial charge in [0.15, 0.2) is 0 Å². The number of nitrogens with one attached hydrogen (secondary N) is 2. The molecular weight excluding hydrogens is 339 g/mol. The standard InChI is InChI=1S/C19H21FN2O4/c1-11-9-13(20)5-8-16(11)22-19(24)18(23)21-12(2)15-7-6-14(25-3)10-17(15)26-4/h5-10,12H,1-4H3,(H,21,23)(H,22,24)/t12-/m0/s1. The van der Waals surface area contributed by atoms with E-state index in [4.69, 9.17) is 9.47 Å². The minimum atomic E-state index is -0.834. The zero-order valence-electron chi connectivity index (χ0n) is 15.1. The lowest BCUT2D eigenvalue weighted by Gasteiger charge is -2.18. The molecule has 0 fully saturated rings. The Kier molecular flexibility index (Phi) is 6.16. The number of ether oxygens (including phenoxy) is 2. The average molecular weight is 360 g/mol. The number of amides is 2. The summed E-state index contributed by atoms with van der Waals surface area (Å²) in [5.74, 6) is -0.899. The van der Waals surface area contributed by atoms with Crippen LogP contribution in [-0.4, -0.2) is 26.0 Å². The first-order chi connectivity index (χ1) is 12.3. The van der Waals surface area contributed by atoms with Crippen LogP contribution in [0.15, 0.2) is 36.4 Å². The van der Waals surface area contributed by atoms with E-state index < -0.39 is 23.7 Å². The molecular formula is C19H21FN2O4. The lowest BCUT2D eigenvalue weighted by molar-refractivity contribution is -0.136. The van der Waals surface area contributed by atoms with Gasteiger partial charge in [-0.05, 0) is 49.7 Å². The molecule has 2 N–H and O–H groups in total. The fourth-order valence-corrected chi connectivity index (χ4v) is 2.46. The van der Waals surface area contributed by atoms with Gasteiger partial charge in [-0.1, -0.05) is 0 Å². The molecule has 0 unspecified atom stereocenters. The number of benzene rings is 2. The number of carbonyl (C=O) groups is 2. The van der Waals surface area contributed by atoms with E-state index in [-0.39, 0.29) is 0 Å². The number of carbonyl (C=O) groups excluding carboxylic acids is 2. The number of halogens is 1. The molecule has 0 aliphatic heterocycles. The second-order valence-electron chi connectivity index (χ2n) is 5.72. The van der Waals surface area contributed by atoms with Gasteiger partial charge in [-0.3, -0.25) is 9.59 Å². The van der Waals surface area contributed by atoms with Crippen LogP contribution in [0.3, 0.4) is 0 Å². The molecule has 0 radical (unpaired) electrons.